The van der Waals surface area contributed by atoms with Crippen LogP contribution < -0.4 is 10.5 Å². The SMILES string of the molecule is CC(CCCO)Nc1ccc(S(N)(=O)=O)cc1C(=O)O. The molecule has 0 heterocycles. The van der Waals surface area contributed by atoms with E-state index in [1.54, 1.807) is 0 Å². The number of primary sulfonamides is 1. The molecule has 1 rings (SSSR count). The molecule has 1 unspecified atom stereocenters. The van der Waals surface area contributed by atoms with Gasteiger partial charge in [-0.25, -0.2) is 18.4 Å². The second-order valence-electron chi connectivity index (χ2n) is 4.47. The predicted molar refractivity (Wildman–Crippen MR) is 74.2 cm³/mol. The van der Waals surface area contributed by atoms with Gasteiger partial charge < -0.3 is 15.5 Å². The first kappa shape index (κ1) is 16.4. The predicted octanol–water partition coefficient (Wildman–Crippen LogP) is 0.605. The Hall–Kier alpha value is -1.64. The Bertz CT molecular complexity index is 586. The first-order valence-electron chi connectivity index (χ1n) is 6.03. The number of nitrogens with one attached hydrogen (secondary N) is 1. The molecule has 0 saturated carbocycles. The largest absolute Gasteiger partial charge is 0.478 e. The molecule has 0 spiro atoms. The van der Waals surface area contributed by atoms with Crippen LogP contribution in [0.2, 0.25) is 0 Å². The molecule has 112 valence electrons. The van der Waals surface area contributed by atoms with Crippen molar-refractivity contribution in [1.82, 2.24) is 0 Å². The van der Waals surface area contributed by atoms with Crippen LogP contribution in [-0.2, 0) is 10.0 Å². The highest BCUT2D eigenvalue weighted by Crippen LogP contribution is 2.21. The maximum Gasteiger partial charge on any atom is 0.337 e. The van der Waals surface area contributed by atoms with Gasteiger partial charge in [-0.15, -0.1) is 0 Å². The molecule has 0 bridgehead atoms. The molecule has 0 radical (unpaired) electrons. The summed E-state index contributed by atoms with van der Waals surface area (Å²) in [7, 11) is -3.94. The summed E-state index contributed by atoms with van der Waals surface area (Å²) in [6.45, 7) is 1.90. The van der Waals surface area contributed by atoms with Gasteiger partial charge in [0.1, 0.15) is 0 Å². The van der Waals surface area contributed by atoms with Gasteiger partial charge in [0, 0.05) is 18.3 Å². The number of carboxylic acids is 1. The van der Waals surface area contributed by atoms with Gasteiger partial charge in [-0.05, 0) is 38.0 Å². The van der Waals surface area contributed by atoms with Crippen LogP contribution in [0.4, 0.5) is 5.69 Å². The molecule has 8 heteroatoms. The molecule has 0 aliphatic carbocycles. The van der Waals surface area contributed by atoms with E-state index in [0.29, 0.717) is 18.5 Å². The zero-order valence-corrected chi connectivity index (χ0v) is 11.9. The molecule has 0 aromatic heterocycles. The number of carbonyl (C=O) groups is 1. The topological polar surface area (TPSA) is 130 Å². The molecular formula is C12H18N2O5S. The number of hydrogen-bond acceptors (Lipinski definition) is 5. The molecule has 0 fully saturated rings. The van der Waals surface area contributed by atoms with E-state index in [9.17, 15) is 13.2 Å². The van der Waals surface area contributed by atoms with Crippen LogP contribution in [-0.4, -0.2) is 37.2 Å². The number of aliphatic hydroxyl groups is 1. The Morgan fingerprint density at radius 2 is 2.10 bits per heavy atom. The van der Waals surface area contributed by atoms with E-state index in [1.807, 2.05) is 6.92 Å². The smallest absolute Gasteiger partial charge is 0.337 e. The molecule has 7 nitrogen and oxygen atoms in total. The number of anilines is 1. The van der Waals surface area contributed by atoms with Crippen molar-refractivity contribution in [2.75, 3.05) is 11.9 Å². The van der Waals surface area contributed by atoms with Gasteiger partial charge in [-0.2, -0.15) is 0 Å². The fraction of sp³-hybridized carbons (Fsp3) is 0.417. The van der Waals surface area contributed by atoms with Gasteiger partial charge in [0.15, 0.2) is 0 Å². The highest BCUT2D eigenvalue weighted by Gasteiger charge is 2.17. The Balaban J connectivity index is 3.05. The lowest BCUT2D eigenvalue weighted by Crippen LogP contribution is -2.19. The zero-order valence-electron chi connectivity index (χ0n) is 11.0. The Labute approximate surface area is 117 Å². The third-order valence-electron chi connectivity index (χ3n) is 2.75. The summed E-state index contributed by atoms with van der Waals surface area (Å²) in [6.07, 6.45) is 1.25. The highest BCUT2D eigenvalue weighted by atomic mass is 32.2. The Kier molecular flexibility index (Phi) is 5.49. The zero-order chi connectivity index (χ0) is 15.3. The fourth-order valence-corrected chi connectivity index (χ4v) is 2.28. The van der Waals surface area contributed by atoms with E-state index in [4.69, 9.17) is 15.4 Å². The van der Waals surface area contributed by atoms with Gasteiger partial charge in [0.25, 0.3) is 0 Å². The van der Waals surface area contributed by atoms with Crippen LogP contribution in [0.3, 0.4) is 0 Å². The third kappa shape index (κ3) is 4.48. The van der Waals surface area contributed by atoms with Crippen molar-refractivity contribution in [3.05, 3.63) is 23.8 Å². The van der Waals surface area contributed by atoms with Crippen molar-refractivity contribution in [2.24, 2.45) is 5.14 Å². The van der Waals surface area contributed by atoms with Gasteiger partial charge in [-0.3, -0.25) is 0 Å². The van der Waals surface area contributed by atoms with Crippen LogP contribution in [0.1, 0.15) is 30.1 Å². The number of hydrogen-bond donors (Lipinski definition) is 4. The van der Waals surface area contributed by atoms with Crippen LogP contribution in [0.5, 0.6) is 0 Å². The molecule has 5 N–H and O–H groups in total. The van der Waals surface area contributed by atoms with Crippen molar-refractivity contribution in [2.45, 2.75) is 30.7 Å². The van der Waals surface area contributed by atoms with Gasteiger partial charge >= 0.3 is 5.97 Å². The molecule has 1 aromatic rings. The maximum atomic E-state index is 11.2. The standard InChI is InChI=1S/C12H18N2O5S/c1-8(3-2-6-15)14-11-5-4-9(20(13,18)19)7-10(11)12(16)17/h4-5,7-8,14-15H,2-3,6H2,1H3,(H,16,17)(H2,13,18,19). The first-order chi connectivity index (χ1) is 9.25. The normalized spacial score (nSPS) is 12.9. The van der Waals surface area contributed by atoms with E-state index >= 15 is 0 Å². The molecule has 1 atom stereocenters. The van der Waals surface area contributed by atoms with Crippen LogP contribution >= 0.6 is 0 Å². The summed E-state index contributed by atoms with van der Waals surface area (Å²) >= 11 is 0. The van der Waals surface area contributed by atoms with Crippen LogP contribution in [0.25, 0.3) is 0 Å². The number of carboxylic acid groups (broad SMARTS) is 1. The van der Waals surface area contributed by atoms with E-state index < -0.39 is 16.0 Å². The summed E-state index contributed by atoms with van der Waals surface area (Å²) in [5, 5.41) is 25.8. The summed E-state index contributed by atoms with van der Waals surface area (Å²) in [5.41, 5.74) is 0.155. The van der Waals surface area contributed by atoms with Crippen molar-refractivity contribution in [3.8, 4) is 0 Å². The van der Waals surface area contributed by atoms with Crippen LogP contribution in [0.15, 0.2) is 23.1 Å². The van der Waals surface area contributed by atoms with Crippen molar-refractivity contribution in [3.63, 3.8) is 0 Å². The molecule has 0 aliphatic heterocycles. The summed E-state index contributed by atoms with van der Waals surface area (Å²) in [6, 6.07) is 3.60. The quantitative estimate of drug-likeness (QED) is 0.583. The summed E-state index contributed by atoms with van der Waals surface area (Å²) in [5.74, 6) is -1.24. The number of benzene rings is 1. The molecule has 0 aliphatic rings. The number of rotatable bonds is 7. The van der Waals surface area contributed by atoms with E-state index in [2.05, 4.69) is 5.32 Å². The van der Waals surface area contributed by atoms with Gasteiger partial charge in [0.05, 0.1) is 10.5 Å². The lowest BCUT2D eigenvalue weighted by Gasteiger charge is -2.17. The first-order valence-corrected chi connectivity index (χ1v) is 7.58. The molecule has 0 amide bonds. The number of nitrogens with two attached hydrogens (primary N) is 1. The number of sulfonamides is 1. The van der Waals surface area contributed by atoms with Gasteiger partial charge in [-0.1, -0.05) is 0 Å². The van der Waals surface area contributed by atoms with Gasteiger partial charge in [0.2, 0.25) is 10.0 Å². The minimum absolute atomic E-state index is 0.0550. The van der Waals surface area contributed by atoms with Crippen molar-refractivity contribution in [1.29, 1.82) is 0 Å². The van der Waals surface area contributed by atoms with E-state index in [0.717, 1.165) is 6.07 Å². The molecular weight excluding hydrogens is 284 g/mol. The van der Waals surface area contributed by atoms with E-state index in [1.165, 1.54) is 12.1 Å². The highest BCUT2D eigenvalue weighted by molar-refractivity contribution is 7.89. The average molecular weight is 302 g/mol. The fourth-order valence-electron chi connectivity index (χ4n) is 1.74. The minimum Gasteiger partial charge on any atom is -0.478 e. The van der Waals surface area contributed by atoms with Crippen molar-refractivity contribution < 1.29 is 23.4 Å². The Morgan fingerprint density at radius 3 is 2.60 bits per heavy atom. The second kappa shape index (κ2) is 6.69. The monoisotopic (exact) mass is 302 g/mol. The molecule has 1 aromatic carbocycles. The van der Waals surface area contributed by atoms with Crippen molar-refractivity contribution >= 4 is 21.7 Å². The lowest BCUT2D eigenvalue weighted by molar-refractivity contribution is 0.0697. The minimum atomic E-state index is -3.94. The molecule has 0 saturated heterocycles. The third-order valence-corrected chi connectivity index (χ3v) is 3.66. The van der Waals surface area contributed by atoms with Crippen LogP contribution in [0, 0.1) is 0 Å². The van der Waals surface area contributed by atoms with E-state index in [-0.39, 0.29) is 23.1 Å². The summed E-state index contributed by atoms with van der Waals surface area (Å²) < 4.78 is 22.4. The second-order valence-corrected chi connectivity index (χ2v) is 6.03. The number of aromatic carboxylic acids is 1. The Morgan fingerprint density at radius 1 is 1.45 bits per heavy atom. The maximum absolute atomic E-state index is 11.2. The summed E-state index contributed by atoms with van der Waals surface area (Å²) in [4.78, 5) is 10.9. The lowest BCUT2D eigenvalue weighted by atomic mass is 10.1. The number of aliphatic hydroxyl groups excluding tert-OH is 1. The average Bonchev–Trinajstić information content (AvgIpc) is 2.35. The molecule has 20 heavy (non-hydrogen) atoms.